The van der Waals surface area contributed by atoms with Gasteiger partial charge >= 0.3 is 0 Å². The van der Waals surface area contributed by atoms with Crippen LogP contribution in [0, 0.1) is 25.5 Å². The number of amides is 1. The Labute approximate surface area is 140 Å². The van der Waals surface area contributed by atoms with Crippen LogP contribution in [0.4, 0.5) is 0 Å². The lowest BCUT2D eigenvalue weighted by molar-refractivity contribution is -0.127. The van der Waals surface area contributed by atoms with E-state index < -0.39 is 6.10 Å². The fraction of sp³-hybridized carbons (Fsp3) is 0.438. The molecule has 0 aliphatic rings. The molecule has 2 aromatic rings. The number of rotatable bonds is 6. The first-order valence-corrected chi connectivity index (χ1v) is 7.93. The Balaban J connectivity index is 1.88. The van der Waals surface area contributed by atoms with E-state index in [2.05, 4.69) is 15.5 Å². The average molecular weight is 334 g/mol. The maximum atomic E-state index is 12.1. The predicted octanol–water partition coefficient (Wildman–Crippen LogP) is 2.45. The second kappa shape index (κ2) is 7.41. The lowest BCUT2D eigenvalue weighted by atomic mass is 10.1. The summed E-state index contributed by atoms with van der Waals surface area (Å²) in [7, 11) is 0. The zero-order chi connectivity index (χ0) is 17.0. The van der Waals surface area contributed by atoms with Gasteiger partial charge in [-0.15, -0.1) is 0 Å². The summed E-state index contributed by atoms with van der Waals surface area (Å²) >= 11 is 5.12. The molecule has 1 aromatic heterocycles. The fourth-order valence-corrected chi connectivity index (χ4v) is 2.46. The molecule has 0 fully saturated rings. The first kappa shape index (κ1) is 17.2. The van der Waals surface area contributed by atoms with Gasteiger partial charge < -0.3 is 14.6 Å². The van der Waals surface area contributed by atoms with Crippen molar-refractivity contribution in [2.45, 2.75) is 40.3 Å². The first-order chi connectivity index (χ1) is 10.9. The van der Waals surface area contributed by atoms with Gasteiger partial charge in [-0.25, -0.2) is 0 Å². The second-order valence-corrected chi connectivity index (χ2v) is 5.86. The number of aromatic nitrogens is 3. The van der Waals surface area contributed by atoms with Gasteiger partial charge in [0.05, 0.1) is 0 Å². The Morgan fingerprint density at radius 3 is 2.83 bits per heavy atom. The van der Waals surface area contributed by atoms with Crippen LogP contribution in [0.15, 0.2) is 18.2 Å². The van der Waals surface area contributed by atoms with Gasteiger partial charge in [0.1, 0.15) is 11.6 Å². The van der Waals surface area contributed by atoms with Gasteiger partial charge in [0.2, 0.25) is 0 Å². The molecule has 0 radical (unpaired) electrons. The molecule has 1 atom stereocenters. The molecular weight excluding hydrogens is 312 g/mol. The molecule has 124 valence electrons. The lowest BCUT2D eigenvalue weighted by Gasteiger charge is -2.17. The number of benzene rings is 1. The number of aryl methyl sites for hydroxylation is 2. The summed E-state index contributed by atoms with van der Waals surface area (Å²) in [6.45, 7) is 8.64. The third-order valence-electron chi connectivity index (χ3n) is 3.81. The summed E-state index contributed by atoms with van der Waals surface area (Å²) in [6, 6.07) is 5.82. The summed E-state index contributed by atoms with van der Waals surface area (Å²) in [6.07, 6.45) is -0.561. The van der Waals surface area contributed by atoms with E-state index in [9.17, 15) is 4.79 Å². The first-order valence-electron chi connectivity index (χ1n) is 7.52. The fourth-order valence-electron chi connectivity index (χ4n) is 2.19. The molecule has 0 bridgehead atoms. The van der Waals surface area contributed by atoms with Gasteiger partial charge in [0.25, 0.3) is 5.91 Å². The molecule has 1 amide bonds. The number of H-pyrrole nitrogens is 1. The molecule has 2 rings (SSSR count). The van der Waals surface area contributed by atoms with Gasteiger partial charge in [-0.05, 0) is 57.1 Å². The number of nitrogens with zero attached hydrogens (tertiary/aromatic N) is 2. The minimum Gasteiger partial charge on any atom is -0.481 e. The Kier molecular flexibility index (Phi) is 5.54. The van der Waals surface area contributed by atoms with E-state index >= 15 is 0 Å². The number of hydrogen-bond donors (Lipinski definition) is 2. The quantitative estimate of drug-likeness (QED) is 0.796. The molecule has 0 aliphatic heterocycles. The molecule has 0 aliphatic carbocycles. The topological polar surface area (TPSA) is 71.9 Å². The minimum absolute atomic E-state index is 0.154. The van der Waals surface area contributed by atoms with E-state index in [-0.39, 0.29) is 5.91 Å². The van der Waals surface area contributed by atoms with E-state index in [1.54, 1.807) is 6.92 Å². The zero-order valence-corrected chi connectivity index (χ0v) is 14.7. The molecular formula is C16H22N4O2S. The maximum absolute atomic E-state index is 12.1. The highest BCUT2D eigenvalue weighted by molar-refractivity contribution is 7.71. The number of carbonyl (C=O) groups is 1. The van der Waals surface area contributed by atoms with Crippen molar-refractivity contribution in [2.24, 2.45) is 0 Å². The second-order valence-electron chi connectivity index (χ2n) is 5.48. The smallest absolute Gasteiger partial charge is 0.260 e. The summed E-state index contributed by atoms with van der Waals surface area (Å²) in [4.78, 5) is 12.1. The SMILES string of the molecule is Cc1cccc(OC(C)C(=O)NCCn2c(C)n[nH]c2=S)c1C. The van der Waals surface area contributed by atoms with Gasteiger partial charge in [-0.1, -0.05) is 12.1 Å². The van der Waals surface area contributed by atoms with E-state index in [0.29, 0.717) is 17.9 Å². The molecule has 0 saturated heterocycles. The third kappa shape index (κ3) is 4.19. The number of ether oxygens (including phenoxy) is 1. The van der Waals surface area contributed by atoms with Crippen molar-refractivity contribution in [1.29, 1.82) is 0 Å². The highest BCUT2D eigenvalue weighted by atomic mass is 32.1. The molecule has 0 saturated carbocycles. The molecule has 7 heteroatoms. The van der Waals surface area contributed by atoms with Crippen LogP contribution in [0.3, 0.4) is 0 Å². The number of carbonyl (C=O) groups excluding carboxylic acids is 1. The minimum atomic E-state index is -0.561. The van der Waals surface area contributed by atoms with E-state index in [0.717, 1.165) is 22.7 Å². The van der Waals surface area contributed by atoms with Crippen molar-refractivity contribution in [1.82, 2.24) is 20.1 Å². The molecule has 23 heavy (non-hydrogen) atoms. The van der Waals surface area contributed by atoms with Crippen LogP contribution in [0.5, 0.6) is 5.75 Å². The van der Waals surface area contributed by atoms with Crippen molar-refractivity contribution in [3.8, 4) is 5.75 Å². The molecule has 1 heterocycles. The van der Waals surface area contributed by atoms with Crippen molar-refractivity contribution in [3.05, 3.63) is 39.9 Å². The maximum Gasteiger partial charge on any atom is 0.260 e. The van der Waals surface area contributed by atoms with Crippen LogP contribution in [-0.2, 0) is 11.3 Å². The normalized spacial score (nSPS) is 12.0. The highest BCUT2D eigenvalue weighted by Crippen LogP contribution is 2.21. The van der Waals surface area contributed by atoms with Crippen LogP contribution in [0.1, 0.15) is 23.9 Å². The van der Waals surface area contributed by atoms with Crippen molar-refractivity contribution < 1.29 is 9.53 Å². The Morgan fingerprint density at radius 1 is 1.43 bits per heavy atom. The largest absolute Gasteiger partial charge is 0.481 e. The van der Waals surface area contributed by atoms with E-state index in [1.165, 1.54) is 0 Å². The van der Waals surface area contributed by atoms with E-state index in [4.69, 9.17) is 17.0 Å². The van der Waals surface area contributed by atoms with E-state index in [1.807, 2.05) is 43.5 Å². The van der Waals surface area contributed by atoms with Crippen molar-refractivity contribution in [3.63, 3.8) is 0 Å². The Hall–Kier alpha value is -2.15. The number of hydrogen-bond acceptors (Lipinski definition) is 4. The van der Waals surface area contributed by atoms with Crippen LogP contribution in [0.25, 0.3) is 0 Å². The summed E-state index contributed by atoms with van der Waals surface area (Å²) in [5.41, 5.74) is 2.19. The summed E-state index contributed by atoms with van der Waals surface area (Å²) in [5, 5.41) is 9.61. The Bertz CT molecular complexity index is 751. The summed E-state index contributed by atoms with van der Waals surface area (Å²) < 4.78 is 8.16. The average Bonchev–Trinajstić information content (AvgIpc) is 2.83. The van der Waals surface area contributed by atoms with Crippen LogP contribution in [0.2, 0.25) is 0 Å². The number of nitrogens with one attached hydrogen (secondary N) is 2. The van der Waals surface area contributed by atoms with Gasteiger partial charge in [0, 0.05) is 13.1 Å². The van der Waals surface area contributed by atoms with Crippen LogP contribution in [-0.4, -0.2) is 33.3 Å². The monoisotopic (exact) mass is 334 g/mol. The van der Waals surface area contributed by atoms with Gasteiger partial charge in [-0.3, -0.25) is 9.89 Å². The van der Waals surface area contributed by atoms with Crippen molar-refractivity contribution >= 4 is 18.1 Å². The molecule has 6 nitrogen and oxygen atoms in total. The van der Waals surface area contributed by atoms with Crippen LogP contribution < -0.4 is 10.1 Å². The van der Waals surface area contributed by atoms with Gasteiger partial charge in [-0.2, -0.15) is 5.10 Å². The zero-order valence-electron chi connectivity index (χ0n) is 13.8. The summed E-state index contributed by atoms with van der Waals surface area (Å²) in [5.74, 6) is 1.38. The Morgan fingerprint density at radius 2 is 2.17 bits per heavy atom. The predicted molar refractivity (Wildman–Crippen MR) is 91.2 cm³/mol. The molecule has 0 spiro atoms. The number of aromatic amines is 1. The third-order valence-corrected chi connectivity index (χ3v) is 4.12. The highest BCUT2D eigenvalue weighted by Gasteiger charge is 2.15. The van der Waals surface area contributed by atoms with Crippen LogP contribution >= 0.6 is 12.2 Å². The molecule has 1 unspecified atom stereocenters. The van der Waals surface area contributed by atoms with Gasteiger partial charge in [0.15, 0.2) is 10.9 Å². The molecule has 1 aromatic carbocycles. The van der Waals surface area contributed by atoms with Crippen molar-refractivity contribution in [2.75, 3.05) is 6.54 Å². The standard InChI is InChI=1S/C16H22N4O2S/c1-10-6-5-7-14(11(10)2)22-12(3)15(21)17-8-9-20-13(4)18-19-16(20)23/h5-7,12H,8-9H2,1-4H3,(H,17,21)(H,19,23). The lowest BCUT2D eigenvalue weighted by Crippen LogP contribution is -2.38. The molecule has 2 N–H and O–H groups in total.